The van der Waals surface area contributed by atoms with E-state index in [0.717, 1.165) is 17.6 Å². The highest BCUT2D eigenvalue weighted by Crippen LogP contribution is 2.39. The lowest BCUT2D eigenvalue weighted by molar-refractivity contribution is -0.108. The third kappa shape index (κ3) is 3.14. The van der Waals surface area contributed by atoms with Crippen molar-refractivity contribution in [1.82, 2.24) is 4.90 Å². The highest BCUT2D eigenvalue weighted by molar-refractivity contribution is 9.09. The first-order valence-corrected chi connectivity index (χ1v) is 8.11. The van der Waals surface area contributed by atoms with E-state index in [4.69, 9.17) is 4.74 Å². The van der Waals surface area contributed by atoms with Crippen molar-refractivity contribution in [3.05, 3.63) is 30.3 Å². The van der Waals surface area contributed by atoms with E-state index >= 15 is 0 Å². The third-order valence-corrected chi connectivity index (χ3v) is 5.38. The molecule has 1 saturated heterocycles. The number of para-hydroxylation sites is 1. The number of hydrogen-bond acceptors (Lipinski definition) is 2. The largest absolute Gasteiger partial charge is 0.487 e. The van der Waals surface area contributed by atoms with Crippen molar-refractivity contribution in [2.45, 2.75) is 45.9 Å². The Labute approximate surface area is 125 Å². The Morgan fingerprint density at radius 3 is 2.47 bits per heavy atom. The van der Waals surface area contributed by atoms with Crippen LogP contribution in [0.3, 0.4) is 0 Å². The predicted octanol–water partition coefficient (Wildman–Crippen LogP) is 3.95. The number of rotatable bonds is 5. The van der Waals surface area contributed by atoms with Gasteiger partial charge in [-0.25, -0.2) is 0 Å². The van der Waals surface area contributed by atoms with Crippen LogP contribution in [-0.4, -0.2) is 35.0 Å². The molecule has 0 unspecified atom stereocenters. The molecule has 0 radical (unpaired) electrons. The first-order chi connectivity index (χ1) is 8.95. The average Bonchev–Trinajstić information content (AvgIpc) is 2.34. The molecule has 1 aliphatic rings. The van der Waals surface area contributed by atoms with Crippen LogP contribution in [0.15, 0.2) is 30.3 Å². The fourth-order valence-electron chi connectivity index (χ4n) is 2.84. The van der Waals surface area contributed by atoms with Crippen molar-refractivity contribution in [2.24, 2.45) is 5.41 Å². The predicted molar refractivity (Wildman–Crippen MR) is 84.1 cm³/mol. The Hall–Kier alpha value is -0.540. The molecule has 0 saturated carbocycles. The summed E-state index contributed by atoms with van der Waals surface area (Å²) in [4.78, 5) is 2.54. The molecular weight excluding hydrogens is 302 g/mol. The molecule has 0 N–H and O–H groups in total. The van der Waals surface area contributed by atoms with Gasteiger partial charge in [-0.3, -0.25) is 4.90 Å². The molecule has 2 rings (SSSR count). The van der Waals surface area contributed by atoms with E-state index in [1.807, 2.05) is 30.3 Å². The van der Waals surface area contributed by atoms with Gasteiger partial charge in [0.25, 0.3) is 0 Å². The molecule has 0 spiro atoms. The zero-order valence-corrected chi connectivity index (χ0v) is 13.9. The van der Waals surface area contributed by atoms with E-state index in [1.54, 1.807) is 0 Å². The van der Waals surface area contributed by atoms with Crippen molar-refractivity contribution in [2.75, 3.05) is 11.9 Å². The smallest absolute Gasteiger partial charge is 0.127 e. The number of halogens is 1. The number of alkyl halides is 1. The van der Waals surface area contributed by atoms with Gasteiger partial charge in [0.1, 0.15) is 11.9 Å². The number of hydrogen-bond donors (Lipinski definition) is 0. The SMILES string of the molecule is CC(C)N1C[C@@H](Oc2ccccc2)[C@H]1C(C)(C)CBr. The Balaban J connectivity index is 2.09. The second-order valence-corrected chi connectivity index (χ2v) is 6.89. The highest BCUT2D eigenvalue weighted by Gasteiger charge is 2.49. The Morgan fingerprint density at radius 1 is 1.32 bits per heavy atom. The standard InChI is InChI=1S/C16H24BrNO/c1-12(2)18-10-14(15(18)16(3,4)11-17)19-13-8-6-5-7-9-13/h5-9,12,14-15H,10-11H2,1-4H3/t14-,15+/m1/s1. The van der Waals surface area contributed by atoms with Crippen LogP contribution in [0.4, 0.5) is 0 Å². The van der Waals surface area contributed by atoms with Gasteiger partial charge in [0.05, 0.1) is 6.04 Å². The summed E-state index contributed by atoms with van der Waals surface area (Å²) in [7, 11) is 0. The first kappa shape index (κ1) is 14.9. The Morgan fingerprint density at radius 2 is 1.95 bits per heavy atom. The molecule has 1 aromatic rings. The molecule has 1 fully saturated rings. The van der Waals surface area contributed by atoms with Crippen molar-refractivity contribution in [3.8, 4) is 5.75 Å². The first-order valence-electron chi connectivity index (χ1n) is 6.99. The van der Waals surface area contributed by atoms with E-state index in [2.05, 4.69) is 48.5 Å². The monoisotopic (exact) mass is 325 g/mol. The highest BCUT2D eigenvalue weighted by atomic mass is 79.9. The molecule has 2 atom stereocenters. The molecule has 0 aliphatic carbocycles. The molecule has 1 aliphatic heterocycles. The van der Waals surface area contributed by atoms with Crippen LogP contribution in [0.25, 0.3) is 0 Å². The van der Waals surface area contributed by atoms with E-state index < -0.39 is 0 Å². The fourth-order valence-corrected chi connectivity index (χ4v) is 3.17. The maximum atomic E-state index is 6.17. The number of nitrogens with zero attached hydrogens (tertiary/aromatic N) is 1. The maximum Gasteiger partial charge on any atom is 0.127 e. The van der Waals surface area contributed by atoms with E-state index in [-0.39, 0.29) is 11.5 Å². The van der Waals surface area contributed by atoms with Gasteiger partial charge in [-0.15, -0.1) is 0 Å². The van der Waals surface area contributed by atoms with Gasteiger partial charge in [-0.05, 0) is 31.4 Å². The van der Waals surface area contributed by atoms with Gasteiger partial charge in [0.2, 0.25) is 0 Å². The summed E-state index contributed by atoms with van der Waals surface area (Å²) in [6.45, 7) is 10.2. The molecule has 0 amide bonds. The lowest BCUT2D eigenvalue weighted by Crippen LogP contribution is -2.69. The molecular formula is C16H24BrNO. The van der Waals surface area contributed by atoms with Crippen molar-refractivity contribution in [3.63, 3.8) is 0 Å². The average molecular weight is 326 g/mol. The Kier molecular flexibility index (Phi) is 4.57. The molecule has 106 valence electrons. The van der Waals surface area contributed by atoms with E-state index in [1.165, 1.54) is 0 Å². The minimum absolute atomic E-state index is 0.210. The summed E-state index contributed by atoms with van der Waals surface area (Å²) in [6, 6.07) is 11.2. The summed E-state index contributed by atoms with van der Waals surface area (Å²) in [5.74, 6) is 0.978. The summed E-state index contributed by atoms with van der Waals surface area (Å²) in [5, 5.41) is 0.989. The van der Waals surface area contributed by atoms with Gasteiger partial charge >= 0.3 is 0 Å². The zero-order chi connectivity index (χ0) is 14.0. The quantitative estimate of drug-likeness (QED) is 0.760. The van der Waals surface area contributed by atoms with Crippen LogP contribution < -0.4 is 4.74 Å². The zero-order valence-electron chi connectivity index (χ0n) is 12.3. The summed E-state index contributed by atoms with van der Waals surface area (Å²) >= 11 is 3.65. The number of ether oxygens (including phenoxy) is 1. The van der Waals surface area contributed by atoms with Crippen LogP contribution in [0.5, 0.6) is 5.75 Å². The molecule has 1 aromatic carbocycles. The Bertz CT molecular complexity index is 404. The van der Waals surface area contributed by atoms with Crippen LogP contribution >= 0.6 is 15.9 Å². The van der Waals surface area contributed by atoms with Crippen LogP contribution in [-0.2, 0) is 0 Å². The molecule has 1 heterocycles. The third-order valence-electron chi connectivity index (χ3n) is 3.94. The van der Waals surface area contributed by atoms with Gasteiger partial charge in [-0.1, -0.05) is 48.0 Å². The second-order valence-electron chi connectivity index (χ2n) is 6.33. The molecule has 0 bridgehead atoms. The molecule has 19 heavy (non-hydrogen) atoms. The lowest BCUT2D eigenvalue weighted by atomic mass is 9.76. The summed E-state index contributed by atoms with van der Waals surface area (Å²) in [5.41, 5.74) is 0.210. The molecule has 2 nitrogen and oxygen atoms in total. The van der Waals surface area contributed by atoms with E-state index in [9.17, 15) is 0 Å². The number of benzene rings is 1. The molecule has 3 heteroatoms. The van der Waals surface area contributed by atoms with Gasteiger partial charge in [0.15, 0.2) is 0 Å². The fraction of sp³-hybridized carbons (Fsp3) is 0.625. The summed E-state index contributed by atoms with van der Waals surface area (Å²) < 4.78 is 6.17. The normalized spacial score (nSPS) is 24.3. The number of likely N-dealkylation sites (tertiary alicyclic amines) is 1. The van der Waals surface area contributed by atoms with Crippen molar-refractivity contribution >= 4 is 15.9 Å². The van der Waals surface area contributed by atoms with Gasteiger partial charge < -0.3 is 4.74 Å². The minimum Gasteiger partial charge on any atom is -0.487 e. The van der Waals surface area contributed by atoms with E-state index in [0.29, 0.717) is 12.1 Å². The van der Waals surface area contributed by atoms with Crippen molar-refractivity contribution < 1.29 is 4.74 Å². The maximum absolute atomic E-state index is 6.17. The van der Waals surface area contributed by atoms with Gasteiger partial charge in [-0.2, -0.15) is 0 Å². The topological polar surface area (TPSA) is 12.5 Å². The summed E-state index contributed by atoms with van der Waals surface area (Å²) in [6.07, 6.45) is 0.289. The molecule has 0 aromatic heterocycles. The van der Waals surface area contributed by atoms with Crippen LogP contribution in [0.1, 0.15) is 27.7 Å². The second kappa shape index (κ2) is 5.84. The van der Waals surface area contributed by atoms with Gasteiger partial charge in [0, 0.05) is 17.9 Å². The van der Waals surface area contributed by atoms with Crippen molar-refractivity contribution in [1.29, 1.82) is 0 Å². The van der Waals surface area contributed by atoms with Crippen LogP contribution in [0, 0.1) is 5.41 Å². The lowest BCUT2D eigenvalue weighted by Gasteiger charge is -2.56. The minimum atomic E-state index is 0.210. The van der Waals surface area contributed by atoms with Crippen LogP contribution in [0.2, 0.25) is 0 Å².